The van der Waals surface area contributed by atoms with Crippen LogP contribution in [0.3, 0.4) is 0 Å². The molecule has 11 heteroatoms. The van der Waals surface area contributed by atoms with Gasteiger partial charge in [0.1, 0.15) is 25.4 Å². The Morgan fingerprint density at radius 3 is 2.05 bits per heavy atom. The van der Waals surface area contributed by atoms with E-state index < -0.39 is 38.1 Å². The molecule has 3 rings (SSSR count). The highest BCUT2D eigenvalue weighted by Crippen LogP contribution is 2.48. The molecular weight excluding hydrogens is 523 g/mol. The number of hydrogen-bond acceptors (Lipinski definition) is 8. The molecule has 10 nitrogen and oxygen atoms in total. The maximum absolute atomic E-state index is 12.9. The van der Waals surface area contributed by atoms with Crippen molar-refractivity contribution in [2.24, 2.45) is 0 Å². The Hall–Kier alpha value is -2.75. The molecule has 1 aliphatic rings. The molecule has 0 heterocycles. The van der Waals surface area contributed by atoms with Crippen molar-refractivity contribution in [3.8, 4) is 11.1 Å². The topological polar surface area (TPSA) is 109 Å². The number of amides is 1. The lowest BCUT2D eigenvalue weighted by molar-refractivity contribution is -0.870. The highest BCUT2D eigenvalue weighted by molar-refractivity contribution is 7.48. The van der Waals surface area contributed by atoms with Crippen LogP contribution in [0.5, 0.6) is 0 Å². The Morgan fingerprint density at radius 2 is 1.54 bits per heavy atom. The summed E-state index contributed by atoms with van der Waals surface area (Å²) in [5.74, 6) is -0.923. The summed E-state index contributed by atoms with van der Waals surface area (Å²) in [6, 6.07) is 14.6. The zero-order valence-corrected chi connectivity index (χ0v) is 24.7. The number of quaternary nitrogens is 1. The van der Waals surface area contributed by atoms with Gasteiger partial charge in [-0.1, -0.05) is 48.5 Å². The third kappa shape index (κ3) is 8.88. The molecule has 0 aromatic heterocycles. The second kappa shape index (κ2) is 12.6. The van der Waals surface area contributed by atoms with E-state index in [9.17, 15) is 14.2 Å². The number of phosphoric ester groups is 1. The number of benzene rings is 2. The van der Waals surface area contributed by atoms with Gasteiger partial charge >= 0.3 is 19.9 Å². The summed E-state index contributed by atoms with van der Waals surface area (Å²) in [6.45, 7) is 5.30. The van der Waals surface area contributed by atoms with E-state index >= 15 is 0 Å². The van der Waals surface area contributed by atoms with Gasteiger partial charge in [0.25, 0.3) is 0 Å². The Morgan fingerprint density at radius 1 is 0.974 bits per heavy atom. The minimum Gasteiger partial charge on any atom is -0.458 e. The molecule has 2 aromatic rings. The molecule has 1 aliphatic carbocycles. The second-order valence-electron chi connectivity index (χ2n) is 11.3. The van der Waals surface area contributed by atoms with Gasteiger partial charge in [0.2, 0.25) is 0 Å². The van der Waals surface area contributed by atoms with Crippen molar-refractivity contribution >= 4 is 19.9 Å². The van der Waals surface area contributed by atoms with Gasteiger partial charge in [0, 0.05) is 13.0 Å². The monoisotopic (exact) mass is 563 g/mol. The van der Waals surface area contributed by atoms with Crippen LogP contribution in [0.15, 0.2) is 48.5 Å². The van der Waals surface area contributed by atoms with E-state index in [4.69, 9.17) is 23.0 Å². The summed E-state index contributed by atoms with van der Waals surface area (Å²) >= 11 is 0. The van der Waals surface area contributed by atoms with E-state index in [1.165, 1.54) is 7.11 Å². The van der Waals surface area contributed by atoms with Gasteiger partial charge in [-0.2, -0.15) is 0 Å². The van der Waals surface area contributed by atoms with Crippen molar-refractivity contribution in [3.05, 3.63) is 59.7 Å². The largest absolute Gasteiger partial charge is 0.474 e. The lowest BCUT2D eigenvalue weighted by Gasteiger charge is -2.26. The number of nitrogens with zero attached hydrogens (tertiary/aromatic N) is 1. The number of likely N-dealkylation sites (N-methyl/N-ethyl adjacent to an activating group) is 1. The first-order chi connectivity index (χ1) is 18.2. The molecular formula is C28H40N2O8P+. The average molecular weight is 564 g/mol. The molecule has 39 heavy (non-hydrogen) atoms. The van der Waals surface area contributed by atoms with Gasteiger partial charge in [0.05, 0.1) is 27.7 Å². The van der Waals surface area contributed by atoms with E-state index in [1.807, 2.05) is 69.7 Å². The van der Waals surface area contributed by atoms with Gasteiger partial charge in [-0.25, -0.2) is 14.2 Å². The van der Waals surface area contributed by atoms with Crippen molar-refractivity contribution in [2.75, 3.05) is 54.6 Å². The Kier molecular flexibility index (Phi) is 9.96. The first kappa shape index (κ1) is 30.8. The number of rotatable bonds is 12. The van der Waals surface area contributed by atoms with Crippen LogP contribution in [0.4, 0.5) is 4.79 Å². The first-order valence-electron chi connectivity index (χ1n) is 12.8. The molecule has 0 bridgehead atoms. The number of carbonyl (C=O) groups is 2. The average Bonchev–Trinajstić information content (AvgIpc) is 3.17. The third-order valence-electron chi connectivity index (χ3n) is 5.96. The molecule has 0 saturated heterocycles. The van der Waals surface area contributed by atoms with E-state index in [0.29, 0.717) is 11.0 Å². The van der Waals surface area contributed by atoms with Gasteiger partial charge in [-0.3, -0.25) is 13.6 Å². The fraction of sp³-hybridized carbons (Fsp3) is 0.500. The zero-order chi connectivity index (χ0) is 28.8. The Balaban J connectivity index is 1.67. The SMILES string of the molecule is COP(=O)(OCC[N+](C)(C)C)OC[C@H](NC(=O)OCC1c2ccccc2-c2ccccc21)C(=O)OC(C)(C)C. The minimum absolute atomic E-state index is 0.0620. The lowest BCUT2D eigenvalue weighted by atomic mass is 9.98. The van der Waals surface area contributed by atoms with Gasteiger partial charge < -0.3 is 19.3 Å². The fourth-order valence-corrected chi connectivity index (χ4v) is 4.98. The number of alkyl carbamates (subject to hydrolysis) is 1. The number of phosphoric acid groups is 1. The van der Waals surface area contributed by atoms with Crippen LogP contribution in [0, 0.1) is 0 Å². The molecule has 2 atom stereocenters. The predicted octanol–water partition coefficient (Wildman–Crippen LogP) is 4.73. The quantitative estimate of drug-likeness (QED) is 0.224. The molecule has 1 N–H and O–H groups in total. The Labute approximate surface area is 230 Å². The van der Waals surface area contributed by atoms with Crippen LogP contribution in [0.2, 0.25) is 0 Å². The summed E-state index contributed by atoms with van der Waals surface area (Å²) in [6.07, 6.45) is -0.838. The summed E-state index contributed by atoms with van der Waals surface area (Å²) in [5.41, 5.74) is 3.49. The van der Waals surface area contributed by atoms with E-state index in [2.05, 4.69) is 5.32 Å². The highest BCUT2D eigenvalue weighted by atomic mass is 31.2. The van der Waals surface area contributed by atoms with Crippen molar-refractivity contribution in [1.82, 2.24) is 5.32 Å². The van der Waals surface area contributed by atoms with Gasteiger partial charge in [0.15, 0.2) is 6.04 Å². The van der Waals surface area contributed by atoms with Crippen LogP contribution in [-0.4, -0.2) is 82.8 Å². The van der Waals surface area contributed by atoms with Crippen LogP contribution in [0.25, 0.3) is 11.1 Å². The maximum Gasteiger partial charge on any atom is 0.474 e. The molecule has 1 amide bonds. The lowest BCUT2D eigenvalue weighted by Crippen LogP contribution is -2.47. The van der Waals surface area contributed by atoms with Gasteiger partial charge in [-0.15, -0.1) is 0 Å². The molecule has 0 saturated carbocycles. The molecule has 214 valence electrons. The molecule has 0 spiro atoms. The van der Waals surface area contributed by atoms with Crippen LogP contribution in [0.1, 0.15) is 37.8 Å². The number of ether oxygens (including phenoxy) is 2. The molecule has 0 fully saturated rings. The summed E-state index contributed by atoms with van der Waals surface area (Å²) in [4.78, 5) is 25.7. The second-order valence-corrected chi connectivity index (χ2v) is 13.1. The first-order valence-corrected chi connectivity index (χ1v) is 14.3. The van der Waals surface area contributed by atoms with E-state index in [1.54, 1.807) is 20.8 Å². The number of carbonyl (C=O) groups excluding carboxylic acids is 2. The van der Waals surface area contributed by atoms with Crippen LogP contribution in [-0.2, 0) is 32.4 Å². The number of esters is 1. The van der Waals surface area contributed by atoms with Crippen molar-refractivity contribution in [1.29, 1.82) is 0 Å². The third-order valence-corrected chi connectivity index (χ3v) is 7.37. The molecule has 2 aromatic carbocycles. The smallest absolute Gasteiger partial charge is 0.458 e. The summed E-state index contributed by atoms with van der Waals surface area (Å²) in [5, 5.41) is 2.49. The number of nitrogens with one attached hydrogen (secondary N) is 1. The summed E-state index contributed by atoms with van der Waals surface area (Å²) < 4.78 is 40.3. The fourth-order valence-electron chi connectivity index (χ4n) is 4.06. The zero-order valence-electron chi connectivity index (χ0n) is 23.8. The van der Waals surface area contributed by atoms with Gasteiger partial charge in [-0.05, 0) is 43.0 Å². The number of hydrogen-bond donors (Lipinski definition) is 1. The maximum atomic E-state index is 12.9. The normalized spacial score (nSPS) is 15.6. The van der Waals surface area contributed by atoms with Crippen molar-refractivity contribution in [2.45, 2.75) is 38.3 Å². The van der Waals surface area contributed by atoms with E-state index in [0.717, 1.165) is 22.3 Å². The minimum atomic E-state index is -3.99. The number of fused-ring (bicyclic) bond motifs is 3. The summed E-state index contributed by atoms with van der Waals surface area (Å²) in [7, 11) is 3.07. The molecule has 0 radical (unpaired) electrons. The molecule has 1 unspecified atom stereocenters. The van der Waals surface area contributed by atoms with E-state index in [-0.39, 0.29) is 19.1 Å². The Bertz CT molecular complexity index is 1160. The van der Waals surface area contributed by atoms with Crippen molar-refractivity contribution in [3.63, 3.8) is 0 Å². The van der Waals surface area contributed by atoms with Crippen LogP contribution >= 0.6 is 7.82 Å². The van der Waals surface area contributed by atoms with Crippen LogP contribution < -0.4 is 5.32 Å². The van der Waals surface area contributed by atoms with Crippen molar-refractivity contribution < 1.29 is 41.7 Å². The highest BCUT2D eigenvalue weighted by Gasteiger charge is 2.34. The standard InChI is InChI=1S/C28H39N2O8P/c1-28(2,3)38-26(31)25(19-37-39(33,34-7)36-17-16-30(4,5)6)29-27(32)35-18-24-22-14-10-8-12-20(22)21-13-9-11-15-23(21)24/h8-15,24-25H,16-19H2,1-7H3/p+1/t25-,39?/m0/s1. The molecule has 0 aliphatic heterocycles. The predicted molar refractivity (Wildman–Crippen MR) is 147 cm³/mol.